The molecule has 2 aromatic heterocycles. The number of rotatable bonds is 10. The number of nitrogens with one attached hydrogen (secondary N) is 4. The number of carboxylic acids is 2. The molecule has 4 aromatic rings. The Hall–Kier alpha value is -5.68. The molecule has 6 N–H and O–H groups in total. The average molecular weight is 739 g/mol. The highest BCUT2D eigenvalue weighted by atomic mass is 19.4. The van der Waals surface area contributed by atoms with Crippen molar-refractivity contribution in [1.82, 2.24) is 25.6 Å². The Morgan fingerprint density at radius 2 is 1.54 bits per heavy atom. The average Bonchev–Trinajstić information content (AvgIpc) is 3.60. The van der Waals surface area contributed by atoms with Gasteiger partial charge in [-0.3, -0.25) is 9.59 Å². The lowest BCUT2D eigenvalue weighted by molar-refractivity contribution is -0.193. The minimum atomic E-state index is -5.08. The molecule has 5 rings (SSSR count). The molecule has 12 nitrogen and oxygen atoms in total. The lowest BCUT2D eigenvalue weighted by Gasteiger charge is -2.21. The van der Waals surface area contributed by atoms with Gasteiger partial charge in [0.15, 0.2) is 0 Å². The summed E-state index contributed by atoms with van der Waals surface area (Å²) in [5.74, 6) is -4.05. The van der Waals surface area contributed by atoms with Crippen LogP contribution in [0, 0.1) is 0 Å². The first-order valence-electron chi connectivity index (χ1n) is 15.9. The molecule has 0 unspecified atom stereocenters. The summed E-state index contributed by atoms with van der Waals surface area (Å²) in [5, 5.41) is 25.8. The monoisotopic (exact) mass is 738 g/mol. The number of hydrogen-bond acceptors (Lipinski definition) is 7. The molecular weight excluding hydrogens is 702 g/mol. The molecule has 1 atom stereocenters. The van der Waals surface area contributed by atoms with Crippen LogP contribution in [-0.4, -0.2) is 74.9 Å². The van der Waals surface area contributed by atoms with Gasteiger partial charge in [-0.25, -0.2) is 19.6 Å². The lowest BCUT2D eigenvalue weighted by Crippen LogP contribution is -2.31. The fourth-order valence-electron chi connectivity index (χ4n) is 5.05. The van der Waals surface area contributed by atoms with Crippen LogP contribution in [0.4, 0.5) is 32.2 Å². The molecule has 0 saturated heterocycles. The van der Waals surface area contributed by atoms with Crippen molar-refractivity contribution in [3.8, 4) is 11.3 Å². The van der Waals surface area contributed by atoms with E-state index in [1.807, 2.05) is 18.3 Å². The summed E-state index contributed by atoms with van der Waals surface area (Å²) in [6, 6.07) is 16.1. The SMILES string of the molecule is CNC(=O)CCCCC[C@H](NC(=O)c1ccnc2c1CCCN2)c1ncc(-c2ccc3ccccc3c2)[nH]1.O=C(O)C(F)(F)F.O=C(O)C(F)(F)F. The number of aliphatic carboxylic acids is 2. The number of pyridine rings is 1. The van der Waals surface area contributed by atoms with Crippen LogP contribution >= 0.6 is 0 Å². The predicted octanol–water partition coefficient (Wildman–Crippen LogP) is 6.42. The summed E-state index contributed by atoms with van der Waals surface area (Å²) in [4.78, 5) is 55.4. The van der Waals surface area contributed by atoms with Gasteiger partial charge in [0.1, 0.15) is 11.6 Å². The van der Waals surface area contributed by atoms with Gasteiger partial charge < -0.3 is 31.1 Å². The fraction of sp³-hybridized carbons (Fsp3) is 0.353. The molecule has 2 aromatic carbocycles. The number of hydrogen-bond donors (Lipinski definition) is 6. The van der Waals surface area contributed by atoms with E-state index in [4.69, 9.17) is 19.8 Å². The van der Waals surface area contributed by atoms with Crippen LogP contribution in [0.15, 0.2) is 60.9 Å². The summed E-state index contributed by atoms with van der Waals surface area (Å²) < 4.78 is 63.5. The highest BCUT2D eigenvalue weighted by Crippen LogP contribution is 2.28. The number of anilines is 1. The van der Waals surface area contributed by atoms with Crippen molar-refractivity contribution >= 4 is 40.3 Å². The number of benzene rings is 2. The zero-order valence-electron chi connectivity index (χ0n) is 27.7. The molecule has 1 aliphatic heterocycles. The number of imidazole rings is 1. The van der Waals surface area contributed by atoms with Crippen LogP contribution < -0.4 is 16.0 Å². The Kier molecular flexibility index (Phi) is 14.5. The first kappa shape index (κ1) is 40.7. The van der Waals surface area contributed by atoms with Gasteiger partial charge in [-0.15, -0.1) is 0 Å². The minimum Gasteiger partial charge on any atom is -0.475 e. The number of aromatic nitrogens is 3. The molecule has 0 saturated carbocycles. The largest absolute Gasteiger partial charge is 0.490 e. The number of H-pyrrole nitrogens is 1. The van der Waals surface area contributed by atoms with E-state index in [0.29, 0.717) is 12.0 Å². The van der Waals surface area contributed by atoms with Gasteiger partial charge in [-0.2, -0.15) is 26.3 Å². The molecular formula is C34H36F6N6O6. The predicted molar refractivity (Wildman–Crippen MR) is 177 cm³/mol. The molecule has 0 bridgehead atoms. The summed E-state index contributed by atoms with van der Waals surface area (Å²) in [7, 11) is 1.66. The van der Waals surface area contributed by atoms with Crippen LogP contribution in [0.2, 0.25) is 0 Å². The number of carbonyl (C=O) groups excluding carboxylic acids is 2. The number of fused-ring (bicyclic) bond motifs is 2. The number of carboxylic acid groups (broad SMARTS) is 2. The molecule has 280 valence electrons. The van der Waals surface area contributed by atoms with Crippen molar-refractivity contribution in [3.05, 3.63) is 77.9 Å². The molecule has 2 amide bonds. The number of nitrogens with zero attached hydrogens (tertiary/aromatic N) is 2. The van der Waals surface area contributed by atoms with Crippen molar-refractivity contribution in [3.63, 3.8) is 0 Å². The maximum atomic E-state index is 13.5. The number of carbonyl (C=O) groups is 4. The third kappa shape index (κ3) is 12.3. The van der Waals surface area contributed by atoms with Crippen molar-refractivity contribution in [2.75, 3.05) is 18.9 Å². The molecule has 0 aliphatic carbocycles. The summed E-state index contributed by atoms with van der Waals surface area (Å²) in [5.41, 5.74) is 3.59. The number of aromatic amines is 1. The van der Waals surface area contributed by atoms with Crippen molar-refractivity contribution < 1.29 is 55.7 Å². The maximum Gasteiger partial charge on any atom is 0.490 e. The second kappa shape index (κ2) is 18.5. The van der Waals surface area contributed by atoms with Crippen molar-refractivity contribution in [1.29, 1.82) is 0 Å². The van der Waals surface area contributed by atoms with Gasteiger partial charge in [0.25, 0.3) is 5.91 Å². The number of unbranched alkanes of at least 4 members (excludes halogenated alkanes) is 2. The third-order valence-corrected chi connectivity index (χ3v) is 7.65. The van der Waals surface area contributed by atoms with E-state index >= 15 is 0 Å². The lowest BCUT2D eigenvalue weighted by atomic mass is 10.00. The maximum absolute atomic E-state index is 13.5. The Labute approximate surface area is 293 Å². The Morgan fingerprint density at radius 1 is 0.885 bits per heavy atom. The zero-order chi connectivity index (χ0) is 38.5. The smallest absolute Gasteiger partial charge is 0.475 e. The van der Waals surface area contributed by atoms with E-state index in [2.05, 4.69) is 61.2 Å². The molecule has 3 heterocycles. The van der Waals surface area contributed by atoms with Gasteiger partial charge >= 0.3 is 24.3 Å². The van der Waals surface area contributed by atoms with Gasteiger partial charge in [0.2, 0.25) is 5.91 Å². The summed E-state index contributed by atoms with van der Waals surface area (Å²) in [6.07, 6.45) is -1.04. The van der Waals surface area contributed by atoms with E-state index in [-0.39, 0.29) is 17.9 Å². The summed E-state index contributed by atoms with van der Waals surface area (Å²) in [6.45, 7) is 0.869. The third-order valence-electron chi connectivity index (χ3n) is 7.65. The first-order chi connectivity index (χ1) is 24.5. The zero-order valence-corrected chi connectivity index (χ0v) is 27.7. The van der Waals surface area contributed by atoms with Crippen LogP contribution in [0.5, 0.6) is 0 Å². The van der Waals surface area contributed by atoms with Gasteiger partial charge in [-0.05, 0) is 48.6 Å². The van der Waals surface area contributed by atoms with Crippen LogP contribution in [-0.2, 0) is 20.8 Å². The van der Waals surface area contributed by atoms with Crippen molar-refractivity contribution in [2.45, 2.75) is 63.3 Å². The van der Waals surface area contributed by atoms with Crippen molar-refractivity contribution in [2.24, 2.45) is 0 Å². The molecule has 18 heteroatoms. The number of alkyl halides is 6. The molecule has 0 spiro atoms. The first-order valence-corrected chi connectivity index (χ1v) is 15.9. The van der Waals surface area contributed by atoms with Gasteiger partial charge in [0.05, 0.1) is 17.9 Å². The van der Waals surface area contributed by atoms with Crippen LogP contribution in [0.25, 0.3) is 22.0 Å². The standard InChI is InChI=1S/C30H34N6O2.2C2HF3O2/c1-31-27(37)12-4-2-3-11-25(36-30(38)24-15-17-33-28-23(24)10-7-16-32-28)29-34-19-26(35-29)22-14-13-20-8-5-6-9-21(20)18-22;2*3-2(4,5)1(6)7/h5-6,8-9,13-15,17-19,25H,2-4,7,10-12,16H2,1H3,(H,31,37)(H,32,33)(H,34,35)(H,36,38);2*(H,6,7)/t25-;;/m0../s1. The van der Waals surface area contributed by atoms with E-state index < -0.39 is 24.3 Å². The highest BCUT2D eigenvalue weighted by Gasteiger charge is 2.39. The van der Waals surface area contributed by atoms with Crippen LogP contribution in [0.3, 0.4) is 0 Å². The van der Waals surface area contributed by atoms with Gasteiger partial charge in [-0.1, -0.05) is 49.2 Å². The Balaban J connectivity index is 0.000000441. The number of halogens is 6. The second-order valence-corrected chi connectivity index (χ2v) is 11.4. The van der Waals surface area contributed by atoms with E-state index in [1.54, 1.807) is 19.3 Å². The van der Waals surface area contributed by atoms with Gasteiger partial charge in [0, 0.05) is 42.9 Å². The molecule has 0 fully saturated rings. The van der Waals surface area contributed by atoms with Crippen LogP contribution in [0.1, 0.15) is 66.3 Å². The Morgan fingerprint density at radius 3 is 2.17 bits per heavy atom. The number of amides is 2. The topological polar surface area (TPSA) is 186 Å². The molecule has 1 aliphatic rings. The Bertz CT molecular complexity index is 1820. The highest BCUT2D eigenvalue weighted by molar-refractivity contribution is 5.97. The fourth-order valence-corrected chi connectivity index (χ4v) is 5.05. The van der Waals surface area contributed by atoms with E-state index in [9.17, 15) is 35.9 Å². The summed E-state index contributed by atoms with van der Waals surface area (Å²) >= 11 is 0. The molecule has 0 radical (unpaired) electrons. The van der Waals surface area contributed by atoms with E-state index in [0.717, 1.165) is 78.9 Å². The minimum absolute atomic E-state index is 0.0528. The van der Waals surface area contributed by atoms with E-state index in [1.165, 1.54) is 5.39 Å². The second-order valence-electron chi connectivity index (χ2n) is 11.4. The quantitative estimate of drug-likeness (QED) is 0.0789. The molecule has 52 heavy (non-hydrogen) atoms. The normalized spacial score (nSPS) is 12.8.